The van der Waals surface area contributed by atoms with Gasteiger partial charge in [-0.15, -0.1) is 0 Å². The van der Waals surface area contributed by atoms with E-state index in [0.717, 1.165) is 11.8 Å². The van der Waals surface area contributed by atoms with Gasteiger partial charge >= 0.3 is 0 Å². The van der Waals surface area contributed by atoms with Crippen molar-refractivity contribution in [3.8, 4) is 0 Å². The second kappa shape index (κ2) is 16.5. The van der Waals surface area contributed by atoms with Gasteiger partial charge in [0.1, 0.15) is 11.9 Å². The van der Waals surface area contributed by atoms with Crippen molar-refractivity contribution in [3.63, 3.8) is 0 Å². The molecular weight excluding hydrogens is 609 g/mol. The van der Waals surface area contributed by atoms with Gasteiger partial charge in [-0.2, -0.15) is 0 Å². The second-order valence-electron chi connectivity index (χ2n) is 10.8. The normalized spacial score (nSPS) is 14.3. The Kier molecular flexibility index (Phi) is 13.1. The number of rotatable bonds is 16. The zero-order chi connectivity index (χ0) is 32.3. The van der Waals surface area contributed by atoms with Gasteiger partial charge in [0.15, 0.2) is 0 Å². The summed E-state index contributed by atoms with van der Waals surface area (Å²) in [7, 11) is -3.90. The molecule has 44 heavy (non-hydrogen) atoms. The molecule has 11 nitrogen and oxygen atoms in total. The number of pyridine rings is 1. The second-order valence-corrected chi connectivity index (χ2v) is 12.9. The number of hydrogen-bond donors (Lipinski definition) is 4. The van der Waals surface area contributed by atoms with Gasteiger partial charge in [0.2, 0.25) is 15.9 Å². The van der Waals surface area contributed by atoms with Crippen LogP contribution in [0.4, 0.5) is 10.1 Å². The molecule has 0 radical (unpaired) electrons. The minimum atomic E-state index is -3.90. The van der Waals surface area contributed by atoms with Crippen molar-refractivity contribution < 1.29 is 22.7 Å². The maximum absolute atomic E-state index is 15.2. The predicted molar refractivity (Wildman–Crippen MR) is 168 cm³/mol. The molecule has 3 aromatic rings. The summed E-state index contributed by atoms with van der Waals surface area (Å²) in [4.78, 5) is 20.4. The van der Waals surface area contributed by atoms with Gasteiger partial charge in [0, 0.05) is 40.5 Å². The number of nitrogens with zero attached hydrogens (tertiary/aromatic N) is 4. The molecule has 4 atom stereocenters. The first-order chi connectivity index (χ1) is 20.9. The lowest BCUT2D eigenvalue weighted by atomic mass is 9.82. The average Bonchev–Trinajstić information content (AvgIpc) is 2.97. The minimum Gasteiger partial charge on any atom is -0.392 e. The standard InChI is InChI=1S/C30H37ClFN7O4S/c1-19(2)28(21-9-11-22(31)12-10-21)29(37-39-33)30(41)36-27-18-35-17-26(32)25(27)14-13-23(16-34-15-20(3)40)38-44(42,43)24-7-5-4-6-8-24/h4-12,17-20,23,28-29,34,38,40H,13-16H2,1-3H3,(H,36,41)/t20-,23?,28-,29-/m1/s1. The molecule has 1 heterocycles. The van der Waals surface area contributed by atoms with Crippen molar-refractivity contribution in [2.24, 2.45) is 11.0 Å². The topological polar surface area (TPSA) is 169 Å². The number of nitrogens with one attached hydrogen (secondary N) is 3. The molecular formula is C30H37ClFN7O4S. The lowest BCUT2D eigenvalue weighted by molar-refractivity contribution is -0.118. The van der Waals surface area contributed by atoms with Crippen LogP contribution in [0.5, 0.6) is 0 Å². The van der Waals surface area contributed by atoms with Crippen LogP contribution in [0, 0.1) is 11.7 Å². The molecule has 0 aliphatic carbocycles. The van der Waals surface area contributed by atoms with Gasteiger partial charge in [-0.3, -0.25) is 9.78 Å². The van der Waals surface area contributed by atoms with Crippen LogP contribution in [0.3, 0.4) is 0 Å². The molecule has 1 unspecified atom stereocenters. The monoisotopic (exact) mass is 645 g/mol. The Morgan fingerprint density at radius 1 is 1.09 bits per heavy atom. The van der Waals surface area contributed by atoms with Gasteiger partial charge in [-0.1, -0.05) is 60.9 Å². The molecule has 236 valence electrons. The van der Waals surface area contributed by atoms with Crippen molar-refractivity contribution in [3.05, 3.63) is 99.4 Å². The first-order valence-electron chi connectivity index (χ1n) is 14.1. The molecule has 4 N–H and O–H groups in total. The van der Waals surface area contributed by atoms with Crippen LogP contribution in [0.15, 0.2) is 77.0 Å². The predicted octanol–water partition coefficient (Wildman–Crippen LogP) is 5.18. The number of anilines is 1. The minimum absolute atomic E-state index is 0.0271. The van der Waals surface area contributed by atoms with Crippen LogP contribution >= 0.6 is 11.6 Å². The SMILES string of the molecule is CC(C)[C@H](c1ccc(Cl)cc1)[C@@H](N=[N+]=[N-])C(=O)Nc1cncc(F)c1CCC(CNC[C@@H](C)O)NS(=O)(=O)c1ccccc1. The Balaban J connectivity index is 1.85. The molecule has 0 aliphatic rings. The Hall–Kier alpha value is -3.58. The summed E-state index contributed by atoms with van der Waals surface area (Å²) in [6, 6.07) is 12.9. The summed E-state index contributed by atoms with van der Waals surface area (Å²) < 4.78 is 43.9. The number of hydrogen-bond acceptors (Lipinski definition) is 7. The number of amides is 1. The molecule has 0 fully saturated rings. The van der Waals surface area contributed by atoms with Crippen LogP contribution in [0.2, 0.25) is 5.02 Å². The number of carbonyl (C=O) groups excluding carboxylic acids is 1. The van der Waals surface area contributed by atoms with E-state index in [-0.39, 0.29) is 48.0 Å². The van der Waals surface area contributed by atoms with Crippen LogP contribution < -0.4 is 15.4 Å². The molecule has 14 heteroatoms. The summed E-state index contributed by atoms with van der Waals surface area (Å²) in [6.07, 6.45) is 1.81. The highest BCUT2D eigenvalue weighted by atomic mass is 35.5. The molecule has 0 spiro atoms. The smallest absolute Gasteiger partial charge is 0.240 e. The molecule has 3 rings (SSSR count). The van der Waals surface area contributed by atoms with E-state index in [1.807, 2.05) is 13.8 Å². The number of carbonyl (C=O) groups is 1. The van der Waals surface area contributed by atoms with Crippen molar-refractivity contribution >= 4 is 33.2 Å². The van der Waals surface area contributed by atoms with E-state index in [9.17, 15) is 23.8 Å². The van der Waals surface area contributed by atoms with Crippen LogP contribution in [0.25, 0.3) is 10.4 Å². The van der Waals surface area contributed by atoms with E-state index in [4.69, 9.17) is 11.6 Å². The quantitative estimate of drug-likeness (QED) is 0.0950. The van der Waals surface area contributed by atoms with Crippen molar-refractivity contribution in [1.82, 2.24) is 15.0 Å². The Bertz CT molecular complexity index is 1540. The molecule has 0 bridgehead atoms. The largest absolute Gasteiger partial charge is 0.392 e. The first kappa shape index (κ1) is 34.9. The highest BCUT2D eigenvalue weighted by molar-refractivity contribution is 7.89. The number of aliphatic hydroxyl groups excluding tert-OH is 1. The van der Waals surface area contributed by atoms with Crippen LogP contribution in [0.1, 0.15) is 44.2 Å². The number of aromatic nitrogens is 1. The van der Waals surface area contributed by atoms with Gasteiger partial charge in [-0.25, -0.2) is 17.5 Å². The van der Waals surface area contributed by atoms with Crippen molar-refractivity contribution in [2.45, 2.75) is 62.6 Å². The van der Waals surface area contributed by atoms with Gasteiger partial charge in [0.25, 0.3) is 0 Å². The van der Waals surface area contributed by atoms with Gasteiger partial charge in [0.05, 0.1) is 29.1 Å². The Morgan fingerprint density at radius 2 is 1.77 bits per heavy atom. The number of aliphatic hydroxyl groups is 1. The number of sulfonamides is 1. The fourth-order valence-corrected chi connectivity index (χ4v) is 6.28. The average molecular weight is 646 g/mol. The van der Waals surface area contributed by atoms with Crippen molar-refractivity contribution in [2.75, 3.05) is 18.4 Å². The molecule has 1 aromatic heterocycles. The molecule has 0 aliphatic heterocycles. The van der Waals surface area contributed by atoms with E-state index in [0.29, 0.717) is 5.02 Å². The third kappa shape index (κ3) is 9.98. The Labute approximate surface area is 261 Å². The summed E-state index contributed by atoms with van der Waals surface area (Å²) in [6.45, 7) is 5.76. The van der Waals surface area contributed by atoms with Crippen LogP contribution in [-0.4, -0.2) is 55.7 Å². The fraction of sp³-hybridized carbons (Fsp3) is 0.400. The highest BCUT2D eigenvalue weighted by Gasteiger charge is 2.32. The maximum Gasteiger partial charge on any atom is 0.240 e. The lowest BCUT2D eigenvalue weighted by Crippen LogP contribution is -2.43. The highest BCUT2D eigenvalue weighted by Crippen LogP contribution is 2.32. The van der Waals surface area contributed by atoms with E-state index < -0.39 is 45.9 Å². The molecule has 2 aromatic carbocycles. The van der Waals surface area contributed by atoms with Gasteiger partial charge < -0.3 is 15.7 Å². The molecule has 1 amide bonds. The van der Waals surface area contributed by atoms with E-state index in [1.54, 1.807) is 49.4 Å². The fourth-order valence-electron chi connectivity index (χ4n) is 4.86. The molecule has 0 saturated carbocycles. The van der Waals surface area contributed by atoms with E-state index >= 15 is 4.39 Å². The maximum atomic E-state index is 15.2. The summed E-state index contributed by atoms with van der Waals surface area (Å²) >= 11 is 6.04. The first-order valence-corrected chi connectivity index (χ1v) is 16.0. The third-order valence-electron chi connectivity index (χ3n) is 6.97. The third-order valence-corrected chi connectivity index (χ3v) is 8.76. The van der Waals surface area contributed by atoms with E-state index in [1.165, 1.54) is 18.3 Å². The Morgan fingerprint density at radius 3 is 2.39 bits per heavy atom. The summed E-state index contributed by atoms with van der Waals surface area (Å²) in [5.74, 6) is -1.96. The lowest BCUT2D eigenvalue weighted by Gasteiger charge is -2.27. The zero-order valence-corrected chi connectivity index (χ0v) is 26.3. The summed E-state index contributed by atoms with van der Waals surface area (Å²) in [5.41, 5.74) is 10.2. The van der Waals surface area contributed by atoms with Crippen LogP contribution in [-0.2, 0) is 21.2 Å². The van der Waals surface area contributed by atoms with E-state index in [2.05, 4.69) is 30.4 Å². The number of halogens is 2. The number of benzene rings is 2. The van der Waals surface area contributed by atoms with Crippen molar-refractivity contribution in [1.29, 1.82) is 0 Å². The number of azide groups is 1. The zero-order valence-electron chi connectivity index (χ0n) is 24.7. The summed E-state index contributed by atoms with van der Waals surface area (Å²) in [5, 5.41) is 19.7. The van der Waals surface area contributed by atoms with Gasteiger partial charge in [-0.05, 0) is 61.0 Å². The molecule has 0 saturated heterocycles.